The zero-order chi connectivity index (χ0) is 17.4. The van der Waals surface area contributed by atoms with Gasteiger partial charge in [0.2, 0.25) is 5.91 Å². The Hall–Kier alpha value is -1.75. The molecular formula is C19H32N4O. The summed E-state index contributed by atoms with van der Waals surface area (Å²) in [6.45, 7) is 6.65. The Morgan fingerprint density at radius 3 is 2.50 bits per heavy atom. The largest absolute Gasteiger partial charge is 0.376 e. The third-order valence-corrected chi connectivity index (χ3v) is 4.57. The lowest BCUT2D eigenvalue weighted by atomic mass is 9.99. The first-order chi connectivity index (χ1) is 11.5. The Bertz CT molecular complexity index is 493. The highest BCUT2D eigenvalue weighted by molar-refractivity contribution is 5.80. The third kappa shape index (κ3) is 6.40. The molecule has 1 fully saturated rings. The standard InChI is InChI=1S/C19H32N4O/c1-16-9-13-23(14-10-16)18-7-5-17(6-8-18)21-15-19(24)20-11-4-12-22(2)3/h5-8,16,21H,4,9-15H2,1-3H3,(H,20,24). The highest BCUT2D eigenvalue weighted by atomic mass is 16.1. The Balaban J connectivity index is 1.69. The van der Waals surface area contributed by atoms with Crippen molar-refractivity contribution in [2.75, 3.05) is 57.0 Å². The minimum Gasteiger partial charge on any atom is -0.376 e. The summed E-state index contributed by atoms with van der Waals surface area (Å²) in [4.78, 5) is 16.4. The van der Waals surface area contributed by atoms with E-state index in [1.807, 2.05) is 14.1 Å². The predicted octanol–water partition coefficient (Wildman–Crippen LogP) is 2.40. The van der Waals surface area contributed by atoms with Crippen LogP contribution in [0.15, 0.2) is 24.3 Å². The van der Waals surface area contributed by atoms with Crippen molar-refractivity contribution in [1.29, 1.82) is 0 Å². The maximum absolute atomic E-state index is 11.8. The highest BCUT2D eigenvalue weighted by Gasteiger charge is 2.15. The molecule has 2 N–H and O–H groups in total. The van der Waals surface area contributed by atoms with Gasteiger partial charge in [-0.3, -0.25) is 4.79 Å². The molecule has 0 unspecified atom stereocenters. The fourth-order valence-electron chi connectivity index (χ4n) is 2.92. The first-order valence-corrected chi connectivity index (χ1v) is 9.05. The maximum atomic E-state index is 11.8. The van der Waals surface area contributed by atoms with Crippen LogP contribution >= 0.6 is 0 Å². The third-order valence-electron chi connectivity index (χ3n) is 4.57. The first-order valence-electron chi connectivity index (χ1n) is 9.05. The van der Waals surface area contributed by atoms with Crippen molar-refractivity contribution in [3.63, 3.8) is 0 Å². The van der Waals surface area contributed by atoms with Gasteiger partial charge in [-0.1, -0.05) is 6.92 Å². The van der Waals surface area contributed by atoms with Gasteiger partial charge in [0.1, 0.15) is 0 Å². The van der Waals surface area contributed by atoms with Crippen molar-refractivity contribution < 1.29 is 4.79 Å². The lowest BCUT2D eigenvalue weighted by Crippen LogP contribution is -2.32. The number of carbonyl (C=O) groups excluding carboxylic acids is 1. The summed E-state index contributed by atoms with van der Waals surface area (Å²) >= 11 is 0. The van der Waals surface area contributed by atoms with Crippen molar-refractivity contribution in [3.05, 3.63) is 24.3 Å². The molecule has 0 radical (unpaired) electrons. The first kappa shape index (κ1) is 18.6. The molecule has 0 saturated carbocycles. The molecule has 0 aromatic heterocycles. The summed E-state index contributed by atoms with van der Waals surface area (Å²) in [5.41, 5.74) is 2.27. The summed E-state index contributed by atoms with van der Waals surface area (Å²) in [6, 6.07) is 8.42. The number of rotatable bonds is 8. The van der Waals surface area contributed by atoms with Gasteiger partial charge in [-0.15, -0.1) is 0 Å². The second kappa shape index (κ2) is 9.52. The van der Waals surface area contributed by atoms with Crippen molar-refractivity contribution in [1.82, 2.24) is 10.2 Å². The van der Waals surface area contributed by atoms with Crippen LogP contribution in [-0.2, 0) is 4.79 Å². The van der Waals surface area contributed by atoms with E-state index >= 15 is 0 Å². The van der Waals surface area contributed by atoms with E-state index in [0.717, 1.165) is 44.2 Å². The second-order valence-electron chi connectivity index (χ2n) is 7.08. The number of benzene rings is 1. The van der Waals surface area contributed by atoms with Gasteiger partial charge in [0, 0.05) is 31.0 Å². The number of carbonyl (C=O) groups is 1. The van der Waals surface area contributed by atoms with E-state index in [4.69, 9.17) is 0 Å². The van der Waals surface area contributed by atoms with Crippen LogP contribution in [-0.4, -0.2) is 57.6 Å². The average Bonchev–Trinajstić information content (AvgIpc) is 2.58. The Kier molecular flexibility index (Phi) is 7.37. The molecule has 1 aliphatic heterocycles. The van der Waals surface area contributed by atoms with Crippen LogP contribution in [0.25, 0.3) is 0 Å². The van der Waals surface area contributed by atoms with Gasteiger partial charge in [-0.25, -0.2) is 0 Å². The molecule has 0 aliphatic carbocycles. The minimum atomic E-state index is 0.0443. The quantitative estimate of drug-likeness (QED) is 0.718. The van der Waals surface area contributed by atoms with Crippen LogP contribution in [0.5, 0.6) is 0 Å². The predicted molar refractivity (Wildman–Crippen MR) is 102 cm³/mol. The fourth-order valence-corrected chi connectivity index (χ4v) is 2.92. The monoisotopic (exact) mass is 332 g/mol. The molecule has 0 bridgehead atoms. The topological polar surface area (TPSA) is 47.6 Å². The summed E-state index contributed by atoms with van der Waals surface area (Å²) < 4.78 is 0. The van der Waals surface area contributed by atoms with Gasteiger partial charge in [0.15, 0.2) is 0 Å². The van der Waals surface area contributed by atoms with Crippen LogP contribution in [0.1, 0.15) is 26.2 Å². The number of hydrogen-bond donors (Lipinski definition) is 2. The van der Waals surface area contributed by atoms with Gasteiger partial charge >= 0.3 is 0 Å². The fraction of sp³-hybridized carbons (Fsp3) is 0.632. The molecule has 1 amide bonds. The van der Waals surface area contributed by atoms with E-state index in [9.17, 15) is 4.79 Å². The van der Waals surface area contributed by atoms with Crippen molar-refractivity contribution in [2.45, 2.75) is 26.2 Å². The van der Waals surface area contributed by atoms with E-state index in [-0.39, 0.29) is 5.91 Å². The number of hydrogen-bond acceptors (Lipinski definition) is 4. The molecule has 1 aromatic carbocycles. The molecule has 5 nitrogen and oxygen atoms in total. The normalized spacial score (nSPS) is 15.6. The Morgan fingerprint density at radius 1 is 1.21 bits per heavy atom. The molecule has 1 aromatic rings. The van der Waals surface area contributed by atoms with E-state index in [0.29, 0.717) is 6.54 Å². The second-order valence-corrected chi connectivity index (χ2v) is 7.08. The lowest BCUT2D eigenvalue weighted by molar-refractivity contribution is -0.119. The van der Waals surface area contributed by atoms with E-state index in [1.165, 1.54) is 18.5 Å². The van der Waals surface area contributed by atoms with Crippen molar-refractivity contribution in [2.24, 2.45) is 5.92 Å². The van der Waals surface area contributed by atoms with Crippen LogP contribution in [0.3, 0.4) is 0 Å². The molecule has 0 spiro atoms. The number of anilines is 2. The summed E-state index contributed by atoms with van der Waals surface area (Å²) in [5, 5.41) is 6.13. The zero-order valence-corrected chi connectivity index (χ0v) is 15.3. The molecule has 24 heavy (non-hydrogen) atoms. The molecule has 134 valence electrons. The lowest BCUT2D eigenvalue weighted by Gasteiger charge is -2.32. The van der Waals surface area contributed by atoms with Crippen molar-refractivity contribution in [3.8, 4) is 0 Å². The molecule has 0 atom stereocenters. The Labute approximate surface area is 146 Å². The van der Waals surface area contributed by atoms with Crippen LogP contribution in [0.2, 0.25) is 0 Å². The van der Waals surface area contributed by atoms with Crippen LogP contribution in [0, 0.1) is 5.92 Å². The van der Waals surface area contributed by atoms with Gasteiger partial charge in [-0.05, 0) is 70.1 Å². The zero-order valence-electron chi connectivity index (χ0n) is 15.3. The number of piperidine rings is 1. The van der Waals surface area contributed by atoms with Gasteiger partial charge < -0.3 is 20.4 Å². The Morgan fingerprint density at radius 2 is 1.88 bits per heavy atom. The van der Waals surface area contributed by atoms with Crippen LogP contribution < -0.4 is 15.5 Å². The van der Waals surface area contributed by atoms with E-state index in [2.05, 4.69) is 51.6 Å². The molecule has 5 heteroatoms. The smallest absolute Gasteiger partial charge is 0.239 e. The van der Waals surface area contributed by atoms with E-state index in [1.54, 1.807) is 0 Å². The maximum Gasteiger partial charge on any atom is 0.239 e. The van der Waals surface area contributed by atoms with Gasteiger partial charge in [-0.2, -0.15) is 0 Å². The van der Waals surface area contributed by atoms with Crippen molar-refractivity contribution >= 4 is 17.3 Å². The molecule has 1 saturated heterocycles. The molecule has 1 aliphatic rings. The van der Waals surface area contributed by atoms with Gasteiger partial charge in [0.05, 0.1) is 6.54 Å². The van der Waals surface area contributed by atoms with Gasteiger partial charge in [0.25, 0.3) is 0 Å². The summed E-state index contributed by atoms with van der Waals surface area (Å²) in [5.74, 6) is 0.890. The van der Waals surface area contributed by atoms with E-state index < -0.39 is 0 Å². The van der Waals surface area contributed by atoms with Crippen LogP contribution in [0.4, 0.5) is 11.4 Å². The number of nitrogens with one attached hydrogen (secondary N) is 2. The molecule has 2 rings (SSSR count). The number of amides is 1. The summed E-state index contributed by atoms with van der Waals surface area (Å²) in [6.07, 6.45) is 3.52. The average molecular weight is 332 g/mol. The highest BCUT2D eigenvalue weighted by Crippen LogP contribution is 2.24. The molecule has 1 heterocycles. The minimum absolute atomic E-state index is 0.0443. The number of nitrogens with zero attached hydrogens (tertiary/aromatic N) is 2. The summed E-state index contributed by atoms with van der Waals surface area (Å²) in [7, 11) is 4.08. The SMILES string of the molecule is CC1CCN(c2ccc(NCC(=O)NCCCN(C)C)cc2)CC1. The molecular weight excluding hydrogens is 300 g/mol.